The molecule has 4 nitrogen and oxygen atoms in total. The fraction of sp³-hybridized carbons (Fsp3) is 0.462. The molecule has 19 heavy (non-hydrogen) atoms. The van der Waals surface area contributed by atoms with Gasteiger partial charge in [-0.2, -0.15) is 0 Å². The summed E-state index contributed by atoms with van der Waals surface area (Å²) in [5.74, 6) is -0.686. The molecule has 1 aromatic rings. The SMILES string of the molecule is CCN(CCCO)C(=O)COc1ccc(Br)cc1F. The molecule has 1 rings (SSSR count). The summed E-state index contributed by atoms with van der Waals surface area (Å²) >= 11 is 3.14. The van der Waals surface area contributed by atoms with E-state index in [1.807, 2.05) is 6.92 Å². The second-order valence-electron chi connectivity index (χ2n) is 3.91. The van der Waals surface area contributed by atoms with E-state index < -0.39 is 5.82 Å². The van der Waals surface area contributed by atoms with Gasteiger partial charge in [0.25, 0.3) is 5.91 Å². The number of carbonyl (C=O) groups is 1. The molecule has 0 radical (unpaired) electrons. The van der Waals surface area contributed by atoms with E-state index in [-0.39, 0.29) is 24.9 Å². The van der Waals surface area contributed by atoms with E-state index in [2.05, 4.69) is 15.9 Å². The van der Waals surface area contributed by atoms with Gasteiger partial charge >= 0.3 is 0 Å². The van der Waals surface area contributed by atoms with Crippen molar-refractivity contribution >= 4 is 21.8 Å². The molecular formula is C13H17BrFNO3. The molecule has 0 heterocycles. The number of nitrogens with zero attached hydrogens (tertiary/aromatic N) is 1. The smallest absolute Gasteiger partial charge is 0.260 e. The minimum Gasteiger partial charge on any atom is -0.481 e. The third-order valence-corrected chi connectivity index (χ3v) is 3.06. The summed E-state index contributed by atoms with van der Waals surface area (Å²) in [6, 6.07) is 4.39. The van der Waals surface area contributed by atoms with Crippen molar-refractivity contribution in [1.82, 2.24) is 4.90 Å². The molecule has 0 atom stereocenters. The van der Waals surface area contributed by atoms with Crippen LogP contribution in [0.1, 0.15) is 13.3 Å². The average Bonchev–Trinajstić information content (AvgIpc) is 2.38. The van der Waals surface area contributed by atoms with Crippen LogP contribution in [0.15, 0.2) is 22.7 Å². The highest BCUT2D eigenvalue weighted by Gasteiger charge is 2.13. The number of ether oxygens (including phenoxy) is 1. The van der Waals surface area contributed by atoms with Crippen molar-refractivity contribution in [3.8, 4) is 5.75 Å². The van der Waals surface area contributed by atoms with Gasteiger partial charge in [0.2, 0.25) is 0 Å². The first kappa shape index (κ1) is 15.9. The number of hydrogen-bond acceptors (Lipinski definition) is 3. The first-order valence-electron chi connectivity index (χ1n) is 6.05. The van der Waals surface area contributed by atoms with Gasteiger partial charge in [0.05, 0.1) is 0 Å². The molecule has 0 aliphatic heterocycles. The lowest BCUT2D eigenvalue weighted by Gasteiger charge is -2.20. The molecule has 1 amide bonds. The number of carbonyl (C=O) groups excluding carboxylic acids is 1. The van der Waals surface area contributed by atoms with E-state index in [9.17, 15) is 9.18 Å². The van der Waals surface area contributed by atoms with Gasteiger partial charge < -0.3 is 14.7 Å². The third-order valence-electron chi connectivity index (χ3n) is 2.57. The van der Waals surface area contributed by atoms with E-state index in [1.54, 1.807) is 11.0 Å². The molecule has 0 saturated heterocycles. The minimum atomic E-state index is -0.513. The second-order valence-corrected chi connectivity index (χ2v) is 4.83. The van der Waals surface area contributed by atoms with Gasteiger partial charge in [0, 0.05) is 24.2 Å². The van der Waals surface area contributed by atoms with Crippen LogP contribution in [0.3, 0.4) is 0 Å². The third kappa shape index (κ3) is 5.16. The molecule has 6 heteroatoms. The number of hydrogen-bond donors (Lipinski definition) is 1. The Balaban J connectivity index is 2.52. The quantitative estimate of drug-likeness (QED) is 0.832. The van der Waals surface area contributed by atoms with Crippen molar-refractivity contribution in [1.29, 1.82) is 0 Å². The normalized spacial score (nSPS) is 10.3. The molecule has 0 bridgehead atoms. The summed E-state index contributed by atoms with van der Waals surface area (Å²) in [7, 11) is 0. The van der Waals surface area contributed by atoms with Crippen LogP contribution in [0, 0.1) is 5.82 Å². The zero-order valence-electron chi connectivity index (χ0n) is 10.7. The Morgan fingerprint density at radius 1 is 1.53 bits per heavy atom. The Labute approximate surface area is 120 Å². The number of aliphatic hydroxyl groups excluding tert-OH is 1. The molecule has 0 fully saturated rings. The molecular weight excluding hydrogens is 317 g/mol. The lowest BCUT2D eigenvalue weighted by Crippen LogP contribution is -2.35. The average molecular weight is 334 g/mol. The van der Waals surface area contributed by atoms with Crippen LogP contribution in [0.5, 0.6) is 5.75 Å². The first-order valence-corrected chi connectivity index (χ1v) is 6.84. The number of halogens is 2. The Morgan fingerprint density at radius 2 is 2.26 bits per heavy atom. The molecule has 0 aliphatic rings. The van der Waals surface area contributed by atoms with Gasteiger partial charge in [-0.3, -0.25) is 4.79 Å². The summed E-state index contributed by atoms with van der Waals surface area (Å²) in [6.45, 7) is 2.67. The lowest BCUT2D eigenvalue weighted by atomic mass is 10.3. The van der Waals surface area contributed by atoms with Gasteiger partial charge in [-0.05, 0) is 31.5 Å². The summed E-state index contributed by atoms with van der Waals surface area (Å²) in [6.07, 6.45) is 0.520. The number of benzene rings is 1. The van der Waals surface area contributed by atoms with Crippen LogP contribution in [0.4, 0.5) is 4.39 Å². The number of aliphatic hydroxyl groups is 1. The van der Waals surface area contributed by atoms with Crippen LogP contribution in [-0.2, 0) is 4.79 Å². The predicted octanol–water partition coefficient (Wildman–Crippen LogP) is 2.20. The van der Waals surface area contributed by atoms with Crippen LogP contribution in [0.2, 0.25) is 0 Å². The zero-order chi connectivity index (χ0) is 14.3. The maximum Gasteiger partial charge on any atom is 0.260 e. The van der Waals surface area contributed by atoms with Gasteiger partial charge in [0.1, 0.15) is 0 Å². The van der Waals surface area contributed by atoms with Crippen LogP contribution in [0.25, 0.3) is 0 Å². The van der Waals surface area contributed by atoms with E-state index in [0.29, 0.717) is 24.0 Å². The molecule has 1 N–H and O–H groups in total. The van der Waals surface area contributed by atoms with Crippen molar-refractivity contribution in [3.63, 3.8) is 0 Å². The maximum atomic E-state index is 13.5. The minimum absolute atomic E-state index is 0.0337. The number of likely N-dealkylation sites (N-methyl/N-ethyl adjacent to an activating group) is 1. The topological polar surface area (TPSA) is 49.8 Å². The summed E-state index contributed by atoms with van der Waals surface area (Å²) in [5.41, 5.74) is 0. The molecule has 0 aliphatic carbocycles. The van der Waals surface area contributed by atoms with Gasteiger partial charge in [0.15, 0.2) is 18.2 Å². The second kappa shape index (κ2) is 8.12. The fourth-order valence-corrected chi connectivity index (χ4v) is 1.88. The molecule has 0 aromatic heterocycles. The van der Waals surface area contributed by atoms with Crippen molar-refractivity contribution in [2.75, 3.05) is 26.3 Å². The van der Waals surface area contributed by atoms with Crippen LogP contribution in [-0.4, -0.2) is 42.2 Å². The van der Waals surface area contributed by atoms with Crippen molar-refractivity contribution in [3.05, 3.63) is 28.5 Å². The number of amides is 1. The van der Waals surface area contributed by atoms with Gasteiger partial charge in [-0.25, -0.2) is 4.39 Å². The van der Waals surface area contributed by atoms with Crippen LogP contribution < -0.4 is 4.74 Å². The van der Waals surface area contributed by atoms with E-state index in [4.69, 9.17) is 9.84 Å². The molecule has 0 spiro atoms. The Morgan fingerprint density at radius 3 is 2.84 bits per heavy atom. The van der Waals surface area contributed by atoms with Crippen molar-refractivity contribution in [2.24, 2.45) is 0 Å². The Bertz CT molecular complexity index is 428. The highest BCUT2D eigenvalue weighted by molar-refractivity contribution is 9.10. The zero-order valence-corrected chi connectivity index (χ0v) is 12.3. The maximum absolute atomic E-state index is 13.5. The van der Waals surface area contributed by atoms with Crippen LogP contribution >= 0.6 is 15.9 Å². The van der Waals surface area contributed by atoms with E-state index >= 15 is 0 Å². The van der Waals surface area contributed by atoms with E-state index in [1.165, 1.54) is 12.1 Å². The monoisotopic (exact) mass is 333 g/mol. The highest BCUT2D eigenvalue weighted by atomic mass is 79.9. The highest BCUT2D eigenvalue weighted by Crippen LogP contribution is 2.21. The largest absolute Gasteiger partial charge is 0.481 e. The van der Waals surface area contributed by atoms with Crippen molar-refractivity contribution < 1.29 is 19.0 Å². The van der Waals surface area contributed by atoms with E-state index in [0.717, 1.165) is 0 Å². The lowest BCUT2D eigenvalue weighted by molar-refractivity contribution is -0.133. The van der Waals surface area contributed by atoms with Gasteiger partial charge in [-0.1, -0.05) is 15.9 Å². The fourth-order valence-electron chi connectivity index (χ4n) is 1.54. The molecule has 0 saturated carbocycles. The summed E-state index contributed by atoms with van der Waals surface area (Å²) in [5, 5.41) is 8.74. The first-order chi connectivity index (χ1) is 9.08. The number of rotatable bonds is 7. The molecule has 106 valence electrons. The molecule has 0 unspecified atom stereocenters. The Kier molecular flexibility index (Phi) is 6.80. The van der Waals surface area contributed by atoms with Crippen molar-refractivity contribution in [2.45, 2.75) is 13.3 Å². The standard InChI is InChI=1S/C13H17BrFNO3/c1-2-16(6-3-7-17)13(18)9-19-12-5-4-10(14)8-11(12)15/h4-5,8,17H,2-3,6-7,9H2,1H3. The summed E-state index contributed by atoms with van der Waals surface area (Å²) in [4.78, 5) is 13.4. The Hall–Kier alpha value is -1.14. The molecule has 1 aromatic carbocycles. The summed E-state index contributed by atoms with van der Waals surface area (Å²) < 4.78 is 19.3. The predicted molar refractivity (Wildman–Crippen MR) is 73.6 cm³/mol. The van der Waals surface area contributed by atoms with Gasteiger partial charge in [-0.15, -0.1) is 0 Å².